The van der Waals surface area contributed by atoms with Crippen molar-refractivity contribution >= 4 is 23.5 Å². The van der Waals surface area contributed by atoms with Crippen LogP contribution in [0.5, 0.6) is 0 Å². The molecule has 0 radical (unpaired) electrons. The molecule has 0 spiro atoms. The Morgan fingerprint density at radius 3 is 2.68 bits per heavy atom. The first kappa shape index (κ1) is 26.9. The van der Waals surface area contributed by atoms with Gasteiger partial charge in [-0.3, -0.25) is 14.4 Å². The highest BCUT2D eigenvalue weighted by Gasteiger charge is 2.59. The summed E-state index contributed by atoms with van der Waals surface area (Å²) in [6.45, 7) is 6.23. The molecule has 4 aliphatic rings. The molecule has 4 N–H and O–H groups in total. The Hall–Kier alpha value is -2.74. The van der Waals surface area contributed by atoms with Crippen LogP contribution in [0.4, 0.5) is 5.82 Å². The van der Waals surface area contributed by atoms with Gasteiger partial charge in [0.2, 0.25) is 11.8 Å². The van der Waals surface area contributed by atoms with Crippen molar-refractivity contribution in [2.75, 3.05) is 25.5 Å². The minimum atomic E-state index is -0.152. The van der Waals surface area contributed by atoms with Gasteiger partial charge in [-0.05, 0) is 106 Å². The minimum Gasteiger partial charge on any atom is -0.352 e. The van der Waals surface area contributed by atoms with Gasteiger partial charge in [-0.2, -0.15) is 0 Å². The molecule has 7 atom stereocenters. The standard InChI is InChI=1S/C30H43N5O3/c1-29-13-11-23-21(7-9-24-30(23,2)14-12-26(36)34-24)22(29)8-6-20(29)17-27(37)35-25-10-5-19(18-33-25)28(38)32-16-4-15-31-3/h5,10,12,14,18,20-24,31H,4,6-9,11,13,15-17H2,1-3H3,(H,32,38)(H,34,36)(H,33,35,37)/t20-,21+,22+,23+,24-,29-,30-/m1/s1. The molecule has 5 rings (SSSR count). The SMILES string of the molecule is CNCCCNC(=O)c1ccc(NC(=O)C[C@H]2CC[C@H]3[C@@H]4CC[C@H]5NC(=O)C=C[C@]5(C)[C@H]4CC[C@]23C)nc1. The highest BCUT2D eigenvalue weighted by Crippen LogP contribution is 2.65. The molecule has 38 heavy (non-hydrogen) atoms. The molecule has 3 saturated carbocycles. The second-order valence-electron chi connectivity index (χ2n) is 12.4. The lowest BCUT2D eigenvalue weighted by atomic mass is 9.48. The number of nitrogens with zero attached hydrogens (tertiary/aromatic N) is 1. The van der Waals surface area contributed by atoms with E-state index in [4.69, 9.17) is 0 Å². The smallest absolute Gasteiger partial charge is 0.252 e. The summed E-state index contributed by atoms with van der Waals surface area (Å²) in [6, 6.07) is 3.67. The largest absolute Gasteiger partial charge is 0.352 e. The highest BCUT2D eigenvalue weighted by atomic mass is 16.2. The third-order valence-corrected chi connectivity index (χ3v) is 10.5. The Kier molecular flexibility index (Phi) is 7.63. The Bertz CT molecular complexity index is 1090. The van der Waals surface area contributed by atoms with Crippen LogP contribution in [-0.2, 0) is 9.59 Å². The number of amides is 3. The molecule has 3 fully saturated rings. The van der Waals surface area contributed by atoms with Crippen molar-refractivity contribution in [1.82, 2.24) is 20.9 Å². The maximum Gasteiger partial charge on any atom is 0.252 e. The quantitative estimate of drug-likeness (QED) is 0.390. The summed E-state index contributed by atoms with van der Waals surface area (Å²) in [4.78, 5) is 41.6. The molecule has 0 bridgehead atoms. The number of aromatic nitrogens is 1. The van der Waals surface area contributed by atoms with Gasteiger partial charge in [-0.1, -0.05) is 19.9 Å². The zero-order valence-electron chi connectivity index (χ0n) is 23.0. The zero-order chi connectivity index (χ0) is 26.9. The van der Waals surface area contributed by atoms with E-state index in [0.29, 0.717) is 48.0 Å². The number of fused-ring (bicyclic) bond motifs is 5. The van der Waals surface area contributed by atoms with Gasteiger partial charge >= 0.3 is 0 Å². The fourth-order valence-electron chi connectivity index (χ4n) is 8.37. The van der Waals surface area contributed by atoms with E-state index >= 15 is 0 Å². The predicted molar refractivity (Wildman–Crippen MR) is 147 cm³/mol. The van der Waals surface area contributed by atoms with Crippen LogP contribution < -0.4 is 21.3 Å². The molecule has 0 saturated heterocycles. The topological polar surface area (TPSA) is 112 Å². The Morgan fingerprint density at radius 1 is 1.08 bits per heavy atom. The van der Waals surface area contributed by atoms with Crippen LogP contribution in [-0.4, -0.2) is 48.9 Å². The summed E-state index contributed by atoms with van der Waals surface area (Å²) in [7, 11) is 1.89. The predicted octanol–water partition coefficient (Wildman–Crippen LogP) is 3.66. The summed E-state index contributed by atoms with van der Waals surface area (Å²) in [5.74, 6) is 2.63. The van der Waals surface area contributed by atoms with Gasteiger partial charge in [0, 0.05) is 30.6 Å². The first-order chi connectivity index (χ1) is 18.2. The van der Waals surface area contributed by atoms with Crippen molar-refractivity contribution in [1.29, 1.82) is 0 Å². The van der Waals surface area contributed by atoms with Crippen LogP contribution in [0.15, 0.2) is 30.5 Å². The lowest BCUT2D eigenvalue weighted by Crippen LogP contribution is -2.59. The van der Waals surface area contributed by atoms with E-state index in [9.17, 15) is 14.4 Å². The average Bonchev–Trinajstić information content (AvgIpc) is 3.23. The van der Waals surface area contributed by atoms with Gasteiger partial charge in [0.1, 0.15) is 5.82 Å². The van der Waals surface area contributed by atoms with Gasteiger partial charge < -0.3 is 21.3 Å². The second-order valence-corrected chi connectivity index (χ2v) is 12.4. The second kappa shape index (κ2) is 10.8. The fraction of sp³-hybridized carbons (Fsp3) is 0.667. The normalized spacial score (nSPS) is 35.4. The maximum atomic E-state index is 13.1. The van der Waals surface area contributed by atoms with E-state index in [1.54, 1.807) is 18.2 Å². The van der Waals surface area contributed by atoms with E-state index < -0.39 is 0 Å². The summed E-state index contributed by atoms with van der Waals surface area (Å²) in [5, 5.41) is 12.1. The van der Waals surface area contributed by atoms with Crippen molar-refractivity contribution in [3.8, 4) is 0 Å². The van der Waals surface area contributed by atoms with Crippen LogP contribution in [0.3, 0.4) is 0 Å². The van der Waals surface area contributed by atoms with Gasteiger partial charge in [-0.15, -0.1) is 0 Å². The van der Waals surface area contributed by atoms with Crippen LogP contribution in [0.25, 0.3) is 0 Å². The first-order valence-electron chi connectivity index (χ1n) is 14.4. The van der Waals surface area contributed by atoms with E-state index in [1.165, 1.54) is 12.6 Å². The van der Waals surface area contributed by atoms with Gasteiger partial charge in [0.25, 0.3) is 5.91 Å². The zero-order valence-corrected chi connectivity index (χ0v) is 23.0. The van der Waals surface area contributed by atoms with E-state index in [2.05, 4.69) is 46.2 Å². The lowest BCUT2D eigenvalue weighted by molar-refractivity contribution is -0.123. The number of rotatable bonds is 8. The molecule has 8 heteroatoms. The lowest BCUT2D eigenvalue weighted by Gasteiger charge is -2.59. The summed E-state index contributed by atoms with van der Waals surface area (Å²) < 4.78 is 0. The Morgan fingerprint density at radius 2 is 1.92 bits per heavy atom. The van der Waals surface area contributed by atoms with E-state index in [1.807, 2.05) is 7.05 Å². The van der Waals surface area contributed by atoms with Crippen LogP contribution in [0, 0.1) is 34.5 Å². The van der Waals surface area contributed by atoms with Crippen molar-refractivity contribution < 1.29 is 14.4 Å². The van der Waals surface area contributed by atoms with Crippen LogP contribution in [0.1, 0.15) is 75.6 Å². The molecular formula is C30H43N5O3. The molecule has 3 amide bonds. The van der Waals surface area contributed by atoms with E-state index in [0.717, 1.165) is 45.1 Å². The minimum absolute atomic E-state index is 0.00404. The monoisotopic (exact) mass is 521 g/mol. The fourth-order valence-corrected chi connectivity index (χ4v) is 8.37. The number of carbonyl (C=O) groups excluding carboxylic acids is 3. The van der Waals surface area contributed by atoms with Crippen LogP contribution in [0.2, 0.25) is 0 Å². The van der Waals surface area contributed by atoms with E-state index in [-0.39, 0.29) is 34.6 Å². The number of nitrogens with one attached hydrogen (secondary N) is 4. The molecule has 0 aromatic carbocycles. The molecule has 3 aliphatic carbocycles. The van der Waals surface area contributed by atoms with Gasteiger partial charge in [0.15, 0.2) is 0 Å². The molecule has 1 aromatic heterocycles. The average molecular weight is 522 g/mol. The third kappa shape index (κ3) is 4.99. The number of hydrogen-bond donors (Lipinski definition) is 4. The van der Waals surface area contributed by atoms with Gasteiger partial charge in [-0.25, -0.2) is 4.98 Å². The van der Waals surface area contributed by atoms with Crippen molar-refractivity contribution in [2.45, 2.75) is 71.3 Å². The molecule has 1 aromatic rings. The highest BCUT2D eigenvalue weighted by molar-refractivity contribution is 5.95. The van der Waals surface area contributed by atoms with Crippen LogP contribution >= 0.6 is 0 Å². The number of pyridine rings is 1. The third-order valence-electron chi connectivity index (χ3n) is 10.5. The number of carbonyl (C=O) groups is 3. The number of anilines is 1. The summed E-state index contributed by atoms with van der Waals surface area (Å²) in [6.07, 6.45) is 13.6. The molecular weight excluding hydrogens is 478 g/mol. The first-order valence-corrected chi connectivity index (χ1v) is 14.4. The molecule has 1 aliphatic heterocycles. The van der Waals surface area contributed by atoms with Crippen molar-refractivity contribution in [3.05, 3.63) is 36.0 Å². The van der Waals surface area contributed by atoms with Crippen molar-refractivity contribution in [2.24, 2.45) is 34.5 Å². The Labute approximate surface area is 226 Å². The van der Waals surface area contributed by atoms with Gasteiger partial charge in [0.05, 0.1) is 5.56 Å². The molecule has 2 heterocycles. The van der Waals surface area contributed by atoms with Crippen molar-refractivity contribution in [3.63, 3.8) is 0 Å². The number of hydrogen-bond acceptors (Lipinski definition) is 5. The maximum absolute atomic E-state index is 13.1. The summed E-state index contributed by atoms with van der Waals surface area (Å²) in [5.41, 5.74) is 0.701. The molecule has 206 valence electrons. The molecule has 0 unspecified atom stereocenters. The molecule has 8 nitrogen and oxygen atoms in total. The Balaban J connectivity index is 1.17. The summed E-state index contributed by atoms with van der Waals surface area (Å²) >= 11 is 0.